The largest absolute Gasteiger partial charge is 0.481 e. The molecule has 4 heteroatoms. The monoisotopic (exact) mass is 190 g/mol. The molecule has 0 saturated heterocycles. The van der Waals surface area contributed by atoms with E-state index in [9.17, 15) is 9.59 Å². The summed E-state index contributed by atoms with van der Waals surface area (Å²) in [4.78, 5) is 20.2. The van der Waals surface area contributed by atoms with E-state index in [2.05, 4.69) is 0 Å². The molecule has 78 valence electrons. The fraction of sp³-hybridized carbons (Fsp3) is 0.778. The summed E-state index contributed by atoms with van der Waals surface area (Å²) in [5.41, 5.74) is 0. The van der Waals surface area contributed by atoms with Gasteiger partial charge in [-0.15, -0.1) is 0 Å². The van der Waals surface area contributed by atoms with Gasteiger partial charge >= 0.3 is 11.9 Å². The van der Waals surface area contributed by atoms with Gasteiger partial charge in [0.2, 0.25) is 0 Å². The van der Waals surface area contributed by atoms with Crippen LogP contribution in [0.3, 0.4) is 0 Å². The Labute approximate surface area is 78.6 Å². The van der Waals surface area contributed by atoms with Gasteiger partial charge in [-0.05, 0) is 12.8 Å². The summed E-state index contributed by atoms with van der Waals surface area (Å²) >= 11 is 0. The molecule has 4 nitrogen and oxygen atoms in total. The van der Waals surface area contributed by atoms with Gasteiger partial charge in [-0.25, -0.2) is 0 Å². The summed E-state index contributed by atoms with van der Waals surface area (Å²) in [6.07, 6.45) is 0.919. The zero-order chi connectivity index (χ0) is 10.9. The van der Waals surface area contributed by atoms with Crippen LogP contribution in [0.2, 0.25) is 0 Å². The van der Waals surface area contributed by atoms with Gasteiger partial charge in [-0.3, -0.25) is 9.59 Å². The number of carboxylic acid groups (broad SMARTS) is 2. The summed E-state index contributed by atoms with van der Waals surface area (Å²) in [7, 11) is 0. The van der Waals surface area contributed by atoms with Crippen LogP contribution in [0.4, 0.5) is 0 Å². The van der Waals surface area contributed by atoms with Gasteiger partial charge in [-0.1, -0.05) is 20.8 Å². The van der Waals surface area contributed by atoms with Crippen molar-refractivity contribution < 1.29 is 19.8 Å². The van der Waals surface area contributed by atoms with E-state index in [4.69, 9.17) is 10.2 Å². The Balaban J connectivity index is 0. The van der Waals surface area contributed by atoms with E-state index >= 15 is 0 Å². The second kappa shape index (κ2) is 9.03. The standard InChI is InChI=1S/C7H12O4.C2H6/c1-5(7(10)11)3-2-4-6(8)9;1-2/h5H,2-4H2,1H3,(H,8,9)(H,10,11);1-2H3. The van der Waals surface area contributed by atoms with Crippen molar-refractivity contribution in [2.24, 2.45) is 5.92 Å². The molecule has 0 aromatic heterocycles. The van der Waals surface area contributed by atoms with Crippen LogP contribution in [0.15, 0.2) is 0 Å². The maximum atomic E-state index is 10.2. The number of hydrogen-bond acceptors (Lipinski definition) is 2. The molecule has 0 aliphatic rings. The third kappa shape index (κ3) is 10.9. The van der Waals surface area contributed by atoms with Gasteiger partial charge in [0.25, 0.3) is 0 Å². The van der Waals surface area contributed by atoms with Crippen LogP contribution >= 0.6 is 0 Å². The Morgan fingerprint density at radius 3 is 2.00 bits per heavy atom. The summed E-state index contributed by atoms with van der Waals surface area (Å²) in [5.74, 6) is -2.17. The highest BCUT2D eigenvalue weighted by Gasteiger charge is 2.10. The Bertz CT molecular complexity index is 154. The molecule has 0 aliphatic heterocycles. The first-order chi connectivity index (χ1) is 6.04. The maximum absolute atomic E-state index is 10.2. The highest BCUT2D eigenvalue weighted by Crippen LogP contribution is 2.07. The molecule has 0 fully saturated rings. The van der Waals surface area contributed by atoms with Crippen molar-refractivity contribution in [3.8, 4) is 0 Å². The lowest BCUT2D eigenvalue weighted by Gasteiger charge is -2.02. The predicted molar refractivity (Wildman–Crippen MR) is 49.6 cm³/mol. The Morgan fingerprint density at radius 1 is 1.23 bits per heavy atom. The Morgan fingerprint density at radius 2 is 1.69 bits per heavy atom. The quantitative estimate of drug-likeness (QED) is 0.695. The molecule has 13 heavy (non-hydrogen) atoms. The summed E-state index contributed by atoms with van der Waals surface area (Å²) in [6.45, 7) is 5.57. The van der Waals surface area contributed by atoms with Crippen LogP contribution in [0.5, 0.6) is 0 Å². The van der Waals surface area contributed by atoms with Crippen LogP contribution < -0.4 is 0 Å². The van der Waals surface area contributed by atoms with E-state index in [1.54, 1.807) is 6.92 Å². The summed E-state index contributed by atoms with van der Waals surface area (Å²) in [6, 6.07) is 0. The average Bonchev–Trinajstić information content (AvgIpc) is 2.07. The van der Waals surface area contributed by atoms with Gasteiger partial charge in [-0.2, -0.15) is 0 Å². The summed E-state index contributed by atoms with van der Waals surface area (Å²) < 4.78 is 0. The molecule has 0 radical (unpaired) electrons. The molecule has 0 aromatic rings. The van der Waals surface area contributed by atoms with Crippen molar-refractivity contribution in [3.63, 3.8) is 0 Å². The molecule has 0 heterocycles. The van der Waals surface area contributed by atoms with E-state index < -0.39 is 17.9 Å². The number of aliphatic carboxylic acids is 2. The molecule has 0 aliphatic carbocycles. The van der Waals surface area contributed by atoms with Gasteiger partial charge < -0.3 is 10.2 Å². The van der Waals surface area contributed by atoms with Gasteiger partial charge in [0.15, 0.2) is 0 Å². The second-order valence-corrected chi connectivity index (χ2v) is 2.53. The highest BCUT2D eigenvalue weighted by molar-refractivity contribution is 5.69. The van der Waals surface area contributed by atoms with Crippen molar-refractivity contribution in [1.82, 2.24) is 0 Å². The van der Waals surface area contributed by atoms with E-state index in [1.807, 2.05) is 13.8 Å². The normalized spacial score (nSPS) is 11.0. The van der Waals surface area contributed by atoms with Gasteiger partial charge in [0.1, 0.15) is 0 Å². The van der Waals surface area contributed by atoms with Gasteiger partial charge in [0.05, 0.1) is 5.92 Å². The average molecular weight is 190 g/mol. The maximum Gasteiger partial charge on any atom is 0.306 e. The Hall–Kier alpha value is -1.06. The highest BCUT2D eigenvalue weighted by atomic mass is 16.4. The van der Waals surface area contributed by atoms with Crippen LogP contribution in [-0.2, 0) is 9.59 Å². The predicted octanol–water partition coefficient (Wildman–Crippen LogP) is 1.99. The zero-order valence-electron chi connectivity index (χ0n) is 8.41. The lowest BCUT2D eigenvalue weighted by atomic mass is 10.1. The van der Waals surface area contributed by atoms with E-state index in [1.165, 1.54) is 0 Å². The molecule has 0 spiro atoms. The number of rotatable bonds is 5. The first-order valence-corrected chi connectivity index (χ1v) is 4.48. The molecule has 0 saturated carbocycles. The fourth-order valence-electron chi connectivity index (χ4n) is 0.683. The molecule has 1 unspecified atom stereocenters. The van der Waals surface area contributed by atoms with Crippen molar-refractivity contribution in [2.75, 3.05) is 0 Å². The van der Waals surface area contributed by atoms with Crippen molar-refractivity contribution >= 4 is 11.9 Å². The molecule has 0 amide bonds. The molecule has 0 aromatic carbocycles. The first-order valence-electron chi connectivity index (χ1n) is 4.48. The minimum Gasteiger partial charge on any atom is -0.481 e. The van der Waals surface area contributed by atoms with Crippen molar-refractivity contribution in [3.05, 3.63) is 0 Å². The molecular formula is C9H18O4. The third-order valence-electron chi connectivity index (χ3n) is 1.45. The minimum absolute atomic E-state index is 0.0532. The van der Waals surface area contributed by atoms with Crippen LogP contribution in [-0.4, -0.2) is 22.2 Å². The SMILES string of the molecule is CC.CC(CCCC(=O)O)C(=O)O. The van der Waals surface area contributed by atoms with Crippen molar-refractivity contribution in [2.45, 2.75) is 40.0 Å². The molecule has 0 bridgehead atoms. The molecular weight excluding hydrogens is 172 g/mol. The van der Waals surface area contributed by atoms with E-state index in [0.717, 1.165) is 0 Å². The lowest BCUT2D eigenvalue weighted by Crippen LogP contribution is -2.09. The second-order valence-electron chi connectivity index (χ2n) is 2.53. The van der Waals surface area contributed by atoms with Crippen molar-refractivity contribution in [1.29, 1.82) is 0 Å². The van der Waals surface area contributed by atoms with E-state index in [0.29, 0.717) is 12.8 Å². The first kappa shape index (κ1) is 14.5. The Kier molecular flexibility index (Phi) is 10.0. The van der Waals surface area contributed by atoms with E-state index in [-0.39, 0.29) is 6.42 Å². The molecule has 0 rings (SSSR count). The third-order valence-corrected chi connectivity index (χ3v) is 1.45. The summed E-state index contributed by atoms with van der Waals surface area (Å²) in [5, 5.41) is 16.6. The van der Waals surface area contributed by atoms with Gasteiger partial charge in [0, 0.05) is 6.42 Å². The number of hydrogen-bond donors (Lipinski definition) is 2. The number of carbonyl (C=O) groups is 2. The molecule has 1 atom stereocenters. The van der Waals surface area contributed by atoms with Crippen LogP contribution in [0, 0.1) is 5.92 Å². The number of carboxylic acids is 2. The fourth-order valence-corrected chi connectivity index (χ4v) is 0.683. The zero-order valence-corrected chi connectivity index (χ0v) is 8.41. The lowest BCUT2D eigenvalue weighted by molar-refractivity contribution is -0.142. The van der Waals surface area contributed by atoms with Crippen LogP contribution in [0.25, 0.3) is 0 Å². The molecule has 2 N–H and O–H groups in total. The minimum atomic E-state index is -0.873. The van der Waals surface area contributed by atoms with Crippen LogP contribution in [0.1, 0.15) is 40.0 Å². The topological polar surface area (TPSA) is 74.6 Å². The smallest absolute Gasteiger partial charge is 0.306 e.